The SMILES string of the molecule is Cc1cc2nc(N=Nc3c(-c4ccccc4)n(C)c4ccccc34)sc2cc1C. The molecule has 142 valence electrons. The van der Waals surface area contributed by atoms with E-state index in [9.17, 15) is 0 Å². The Labute approximate surface area is 173 Å². The number of rotatable bonds is 3. The van der Waals surface area contributed by atoms with Crippen molar-refractivity contribution in [3.05, 3.63) is 77.9 Å². The molecule has 0 unspecified atom stereocenters. The van der Waals surface area contributed by atoms with Crippen molar-refractivity contribution in [2.24, 2.45) is 17.3 Å². The number of para-hydroxylation sites is 1. The molecule has 2 aromatic heterocycles. The molecule has 0 atom stereocenters. The Morgan fingerprint density at radius 2 is 1.59 bits per heavy atom. The first-order chi connectivity index (χ1) is 14.1. The van der Waals surface area contributed by atoms with Gasteiger partial charge in [-0.3, -0.25) is 0 Å². The van der Waals surface area contributed by atoms with Crippen LogP contribution in [0.4, 0.5) is 10.8 Å². The first kappa shape index (κ1) is 17.8. The van der Waals surface area contributed by atoms with Crippen LogP contribution in [0.2, 0.25) is 0 Å². The zero-order chi connectivity index (χ0) is 20.0. The van der Waals surface area contributed by atoms with Crippen molar-refractivity contribution in [2.45, 2.75) is 13.8 Å². The number of aryl methyl sites for hydroxylation is 3. The molecule has 0 fully saturated rings. The number of fused-ring (bicyclic) bond motifs is 2. The van der Waals surface area contributed by atoms with Crippen LogP contribution in [0.25, 0.3) is 32.4 Å². The second kappa shape index (κ2) is 6.94. The first-order valence-corrected chi connectivity index (χ1v) is 10.4. The summed E-state index contributed by atoms with van der Waals surface area (Å²) in [5.74, 6) is 0. The molecule has 0 N–H and O–H groups in total. The predicted octanol–water partition coefficient (Wildman–Crippen LogP) is 7.49. The predicted molar refractivity (Wildman–Crippen MR) is 122 cm³/mol. The molecule has 0 bridgehead atoms. The summed E-state index contributed by atoms with van der Waals surface area (Å²) in [7, 11) is 2.08. The van der Waals surface area contributed by atoms with Gasteiger partial charge in [0.1, 0.15) is 5.69 Å². The van der Waals surface area contributed by atoms with Gasteiger partial charge in [-0.1, -0.05) is 59.9 Å². The van der Waals surface area contributed by atoms with Crippen LogP contribution in [-0.2, 0) is 7.05 Å². The lowest BCUT2D eigenvalue weighted by atomic mass is 10.1. The van der Waals surface area contributed by atoms with E-state index in [2.05, 4.69) is 78.0 Å². The molecule has 0 saturated carbocycles. The molecule has 0 amide bonds. The molecule has 0 spiro atoms. The second-order valence-electron chi connectivity index (χ2n) is 7.24. The van der Waals surface area contributed by atoms with Crippen LogP contribution in [0.15, 0.2) is 77.0 Å². The third-order valence-electron chi connectivity index (χ3n) is 5.36. The van der Waals surface area contributed by atoms with Crippen molar-refractivity contribution < 1.29 is 0 Å². The fourth-order valence-electron chi connectivity index (χ4n) is 3.70. The number of aromatic nitrogens is 2. The highest BCUT2D eigenvalue weighted by molar-refractivity contribution is 7.21. The van der Waals surface area contributed by atoms with Crippen LogP contribution < -0.4 is 0 Å². The topological polar surface area (TPSA) is 42.5 Å². The van der Waals surface area contributed by atoms with Crippen LogP contribution in [0, 0.1) is 13.8 Å². The van der Waals surface area contributed by atoms with E-state index in [0.717, 1.165) is 38.1 Å². The van der Waals surface area contributed by atoms with Gasteiger partial charge in [-0.05, 0) is 43.2 Å². The third kappa shape index (κ3) is 3.04. The van der Waals surface area contributed by atoms with Gasteiger partial charge in [0.2, 0.25) is 5.13 Å². The van der Waals surface area contributed by atoms with Gasteiger partial charge >= 0.3 is 0 Å². The fraction of sp³-hybridized carbons (Fsp3) is 0.125. The smallest absolute Gasteiger partial charge is 0.231 e. The molecule has 4 nitrogen and oxygen atoms in total. The van der Waals surface area contributed by atoms with E-state index in [-0.39, 0.29) is 0 Å². The maximum Gasteiger partial charge on any atom is 0.231 e. The van der Waals surface area contributed by atoms with Crippen LogP contribution in [0.3, 0.4) is 0 Å². The van der Waals surface area contributed by atoms with E-state index < -0.39 is 0 Å². The zero-order valence-electron chi connectivity index (χ0n) is 16.5. The van der Waals surface area contributed by atoms with E-state index in [1.54, 1.807) is 11.3 Å². The highest BCUT2D eigenvalue weighted by Gasteiger charge is 2.16. The van der Waals surface area contributed by atoms with Crippen molar-refractivity contribution in [3.63, 3.8) is 0 Å². The molecule has 0 aliphatic rings. The van der Waals surface area contributed by atoms with Gasteiger partial charge < -0.3 is 4.57 Å². The number of hydrogen-bond acceptors (Lipinski definition) is 4. The molecule has 0 radical (unpaired) electrons. The van der Waals surface area contributed by atoms with Gasteiger partial charge in [0.25, 0.3) is 0 Å². The van der Waals surface area contributed by atoms with Gasteiger partial charge in [-0.2, -0.15) is 0 Å². The Hall–Kier alpha value is -3.31. The lowest BCUT2D eigenvalue weighted by molar-refractivity contribution is 0.976. The first-order valence-electron chi connectivity index (χ1n) is 9.54. The molecule has 0 saturated heterocycles. The Morgan fingerprint density at radius 3 is 2.41 bits per heavy atom. The number of thiazole rings is 1. The van der Waals surface area contributed by atoms with Gasteiger partial charge in [-0.15, -0.1) is 10.2 Å². The van der Waals surface area contributed by atoms with E-state index in [0.29, 0.717) is 5.13 Å². The highest BCUT2D eigenvalue weighted by Crippen LogP contribution is 2.40. The monoisotopic (exact) mass is 396 g/mol. The van der Waals surface area contributed by atoms with Crippen molar-refractivity contribution >= 4 is 43.3 Å². The maximum absolute atomic E-state index is 4.69. The average Bonchev–Trinajstić information content (AvgIpc) is 3.25. The molecule has 5 rings (SSSR count). The summed E-state index contributed by atoms with van der Waals surface area (Å²) in [4.78, 5) is 4.67. The van der Waals surface area contributed by atoms with Gasteiger partial charge in [0, 0.05) is 18.0 Å². The summed E-state index contributed by atoms with van der Waals surface area (Å²) < 4.78 is 3.33. The van der Waals surface area contributed by atoms with Crippen molar-refractivity contribution in [2.75, 3.05) is 0 Å². The largest absolute Gasteiger partial charge is 0.342 e. The molecule has 2 heterocycles. The van der Waals surface area contributed by atoms with Crippen LogP contribution in [-0.4, -0.2) is 9.55 Å². The highest BCUT2D eigenvalue weighted by atomic mass is 32.1. The molecule has 0 aliphatic carbocycles. The minimum atomic E-state index is 0.678. The third-order valence-corrected chi connectivity index (χ3v) is 6.26. The van der Waals surface area contributed by atoms with Crippen molar-refractivity contribution in [1.29, 1.82) is 0 Å². The molecule has 0 aliphatic heterocycles. The van der Waals surface area contributed by atoms with Crippen LogP contribution in [0.1, 0.15) is 11.1 Å². The summed E-state index contributed by atoms with van der Waals surface area (Å²) in [6.45, 7) is 4.23. The van der Waals surface area contributed by atoms with Gasteiger partial charge in [0.05, 0.1) is 21.4 Å². The van der Waals surface area contributed by atoms with E-state index in [4.69, 9.17) is 5.11 Å². The molecule has 5 heteroatoms. The lowest BCUT2D eigenvalue weighted by Crippen LogP contribution is -1.90. The normalized spacial score (nSPS) is 11.8. The Morgan fingerprint density at radius 1 is 0.862 bits per heavy atom. The number of azo groups is 1. The quantitative estimate of drug-likeness (QED) is 0.291. The van der Waals surface area contributed by atoms with Crippen molar-refractivity contribution in [3.8, 4) is 11.3 Å². The maximum atomic E-state index is 4.69. The Kier molecular flexibility index (Phi) is 4.25. The molecule has 3 aromatic carbocycles. The van der Waals surface area contributed by atoms with Gasteiger partial charge in [0.15, 0.2) is 0 Å². The number of benzene rings is 3. The molecular weight excluding hydrogens is 376 g/mol. The summed E-state index contributed by atoms with van der Waals surface area (Å²) in [6.07, 6.45) is 0. The second-order valence-corrected chi connectivity index (χ2v) is 8.25. The summed E-state index contributed by atoms with van der Waals surface area (Å²) in [6, 6.07) is 22.9. The zero-order valence-corrected chi connectivity index (χ0v) is 17.4. The minimum absolute atomic E-state index is 0.678. The molecule has 5 aromatic rings. The number of nitrogens with zero attached hydrogens (tertiary/aromatic N) is 4. The van der Waals surface area contributed by atoms with Crippen LogP contribution in [0.5, 0.6) is 0 Å². The van der Waals surface area contributed by atoms with E-state index in [1.807, 2.05) is 24.3 Å². The number of hydrogen-bond donors (Lipinski definition) is 0. The van der Waals surface area contributed by atoms with Crippen LogP contribution >= 0.6 is 11.3 Å². The molecule has 29 heavy (non-hydrogen) atoms. The van der Waals surface area contributed by atoms with Gasteiger partial charge in [-0.25, -0.2) is 4.98 Å². The Balaban J connectivity index is 1.67. The van der Waals surface area contributed by atoms with E-state index in [1.165, 1.54) is 11.1 Å². The van der Waals surface area contributed by atoms with Crippen molar-refractivity contribution in [1.82, 2.24) is 9.55 Å². The fourth-order valence-corrected chi connectivity index (χ4v) is 4.57. The lowest BCUT2D eigenvalue weighted by Gasteiger charge is -2.05. The summed E-state index contributed by atoms with van der Waals surface area (Å²) >= 11 is 1.57. The average molecular weight is 397 g/mol. The summed E-state index contributed by atoms with van der Waals surface area (Å²) in [5, 5.41) is 11.0. The summed E-state index contributed by atoms with van der Waals surface area (Å²) in [5.41, 5.74) is 7.68. The minimum Gasteiger partial charge on any atom is -0.342 e. The standard InChI is InChI=1S/C24H20N4S/c1-15-13-19-21(14-16(15)2)29-24(25-19)27-26-22-18-11-7-8-12-20(18)28(3)23(22)17-9-5-4-6-10-17/h4-14H,1-3H3. The Bertz CT molecular complexity index is 1340. The molecular formula is C24H20N4S. The van der Waals surface area contributed by atoms with E-state index >= 15 is 0 Å².